The number of halogens is 3. The van der Waals surface area contributed by atoms with E-state index in [0.717, 1.165) is 16.6 Å². The van der Waals surface area contributed by atoms with Crippen molar-refractivity contribution in [2.45, 2.75) is 20.0 Å². The summed E-state index contributed by atoms with van der Waals surface area (Å²) in [5.74, 6) is 0. The molecule has 1 aromatic carbocycles. The Hall–Kier alpha value is -1.67. The Labute approximate surface area is 129 Å². The van der Waals surface area contributed by atoms with Crippen LogP contribution in [0.1, 0.15) is 21.7 Å². The number of anilines is 2. The highest BCUT2D eigenvalue weighted by Crippen LogP contribution is 2.34. The molecular formula is C13H12F3N3S2. The molecule has 0 radical (unpaired) electrons. The monoisotopic (exact) mass is 331 g/mol. The number of nitrogens with zero attached hydrogens (tertiary/aromatic N) is 1. The molecule has 21 heavy (non-hydrogen) atoms. The van der Waals surface area contributed by atoms with Crippen LogP contribution in [0.3, 0.4) is 0 Å². The van der Waals surface area contributed by atoms with Crippen LogP contribution >= 0.6 is 23.6 Å². The normalized spacial score (nSPS) is 11.5. The molecule has 2 rings (SSSR count). The first-order valence-corrected chi connectivity index (χ1v) is 7.13. The van der Waals surface area contributed by atoms with Gasteiger partial charge in [-0.15, -0.1) is 11.3 Å². The van der Waals surface area contributed by atoms with Crippen molar-refractivity contribution in [2.24, 2.45) is 5.73 Å². The number of aryl methyl sites for hydroxylation is 2. The topological polar surface area (TPSA) is 50.9 Å². The molecule has 0 atom stereocenters. The molecule has 0 saturated carbocycles. The summed E-state index contributed by atoms with van der Waals surface area (Å²) in [4.78, 5) is 5.02. The number of alkyl halides is 3. The van der Waals surface area contributed by atoms with Gasteiger partial charge in [-0.2, -0.15) is 13.2 Å². The van der Waals surface area contributed by atoms with E-state index in [1.54, 1.807) is 0 Å². The van der Waals surface area contributed by atoms with Crippen molar-refractivity contribution in [2.75, 3.05) is 5.32 Å². The molecule has 3 N–H and O–H groups in total. The standard InChI is InChI=1S/C13H12F3N3S2/c1-6-7(2)21-12(18-6)19-8-3-4-10(13(14,15)16)9(5-8)11(17)20/h3-5H,1-2H3,(H2,17,20)(H,18,19). The molecule has 8 heteroatoms. The summed E-state index contributed by atoms with van der Waals surface area (Å²) in [6.07, 6.45) is -4.49. The van der Waals surface area contributed by atoms with Crippen LogP contribution < -0.4 is 11.1 Å². The van der Waals surface area contributed by atoms with E-state index in [4.69, 9.17) is 18.0 Å². The van der Waals surface area contributed by atoms with Gasteiger partial charge < -0.3 is 11.1 Å². The fourth-order valence-corrected chi connectivity index (χ4v) is 2.73. The Morgan fingerprint density at radius 1 is 1.33 bits per heavy atom. The molecule has 2 aromatic rings. The molecule has 0 aliphatic carbocycles. The lowest BCUT2D eigenvalue weighted by atomic mass is 10.1. The predicted molar refractivity (Wildman–Crippen MR) is 82.2 cm³/mol. The highest BCUT2D eigenvalue weighted by Gasteiger charge is 2.34. The van der Waals surface area contributed by atoms with Crippen molar-refractivity contribution in [3.63, 3.8) is 0 Å². The molecule has 0 aliphatic heterocycles. The lowest BCUT2D eigenvalue weighted by Crippen LogP contribution is -2.18. The number of nitrogens with one attached hydrogen (secondary N) is 1. The summed E-state index contributed by atoms with van der Waals surface area (Å²) in [6, 6.07) is 3.58. The van der Waals surface area contributed by atoms with E-state index in [-0.39, 0.29) is 10.6 Å². The number of benzene rings is 1. The number of aromatic nitrogens is 1. The maximum absolute atomic E-state index is 12.9. The molecule has 0 saturated heterocycles. The number of nitrogens with two attached hydrogens (primary N) is 1. The number of hydrogen-bond acceptors (Lipinski definition) is 4. The van der Waals surface area contributed by atoms with Gasteiger partial charge in [-0.25, -0.2) is 4.98 Å². The minimum absolute atomic E-state index is 0.201. The number of hydrogen-bond donors (Lipinski definition) is 2. The zero-order valence-electron chi connectivity index (χ0n) is 11.2. The van der Waals surface area contributed by atoms with Crippen LogP contribution in [-0.4, -0.2) is 9.97 Å². The van der Waals surface area contributed by atoms with E-state index in [9.17, 15) is 13.2 Å². The van der Waals surface area contributed by atoms with Crippen molar-refractivity contribution in [1.82, 2.24) is 4.98 Å². The summed E-state index contributed by atoms with van der Waals surface area (Å²) >= 11 is 6.13. The third-order valence-corrected chi connectivity index (χ3v) is 4.08. The summed E-state index contributed by atoms with van der Waals surface area (Å²) in [5, 5.41) is 3.57. The van der Waals surface area contributed by atoms with Crippen molar-refractivity contribution in [1.29, 1.82) is 0 Å². The Morgan fingerprint density at radius 3 is 2.48 bits per heavy atom. The summed E-state index contributed by atoms with van der Waals surface area (Å²) in [7, 11) is 0. The van der Waals surface area contributed by atoms with Gasteiger partial charge >= 0.3 is 6.18 Å². The van der Waals surface area contributed by atoms with Crippen LogP contribution in [0.2, 0.25) is 0 Å². The van der Waals surface area contributed by atoms with Crippen LogP contribution in [-0.2, 0) is 6.18 Å². The molecule has 1 heterocycles. The fraction of sp³-hybridized carbons (Fsp3) is 0.231. The minimum atomic E-state index is -4.49. The van der Waals surface area contributed by atoms with Gasteiger partial charge in [-0.1, -0.05) is 12.2 Å². The van der Waals surface area contributed by atoms with E-state index in [0.29, 0.717) is 10.8 Å². The SMILES string of the molecule is Cc1nc(Nc2ccc(C(F)(F)F)c(C(N)=S)c2)sc1C. The Kier molecular flexibility index (Phi) is 4.20. The molecular weight excluding hydrogens is 319 g/mol. The second-order valence-electron chi connectivity index (χ2n) is 4.41. The largest absolute Gasteiger partial charge is 0.417 e. The summed E-state index contributed by atoms with van der Waals surface area (Å²) < 4.78 is 38.6. The van der Waals surface area contributed by atoms with Gasteiger partial charge in [-0.3, -0.25) is 0 Å². The minimum Gasteiger partial charge on any atom is -0.389 e. The van der Waals surface area contributed by atoms with E-state index in [1.165, 1.54) is 23.5 Å². The van der Waals surface area contributed by atoms with Gasteiger partial charge in [-0.05, 0) is 32.0 Å². The Morgan fingerprint density at radius 2 is 2.00 bits per heavy atom. The highest BCUT2D eigenvalue weighted by atomic mass is 32.1. The lowest BCUT2D eigenvalue weighted by Gasteiger charge is -2.13. The van der Waals surface area contributed by atoms with Crippen LogP contribution in [0.15, 0.2) is 18.2 Å². The number of thiocarbonyl (C=S) groups is 1. The van der Waals surface area contributed by atoms with Crippen molar-refractivity contribution < 1.29 is 13.2 Å². The number of thiazole rings is 1. The Balaban J connectivity index is 2.38. The first-order chi connectivity index (χ1) is 9.68. The third kappa shape index (κ3) is 3.51. The van der Waals surface area contributed by atoms with Gasteiger partial charge in [0.1, 0.15) is 4.99 Å². The predicted octanol–water partition coefficient (Wildman–Crippen LogP) is 4.16. The fourth-order valence-electron chi connectivity index (χ4n) is 1.72. The van der Waals surface area contributed by atoms with Gasteiger partial charge in [0, 0.05) is 16.1 Å². The van der Waals surface area contributed by atoms with Gasteiger partial charge in [0.25, 0.3) is 0 Å². The van der Waals surface area contributed by atoms with E-state index >= 15 is 0 Å². The molecule has 0 unspecified atom stereocenters. The zero-order chi connectivity index (χ0) is 15.8. The third-order valence-electron chi connectivity index (χ3n) is 2.87. The van der Waals surface area contributed by atoms with E-state index < -0.39 is 11.7 Å². The molecule has 3 nitrogen and oxygen atoms in total. The Bertz CT molecular complexity index is 673. The van der Waals surface area contributed by atoms with Gasteiger partial charge in [0.15, 0.2) is 5.13 Å². The molecule has 1 aromatic heterocycles. The second kappa shape index (κ2) is 5.61. The number of rotatable bonds is 3. The first kappa shape index (κ1) is 15.7. The molecule has 112 valence electrons. The van der Waals surface area contributed by atoms with Crippen LogP contribution in [0.5, 0.6) is 0 Å². The summed E-state index contributed by atoms with van der Waals surface area (Å²) in [6.45, 7) is 3.79. The van der Waals surface area contributed by atoms with Crippen LogP contribution in [0.25, 0.3) is 0 Å². The summed E-state index contributed by atoms with van der Waals surface area (Å²) in [5.41, 5.74) is 5.69. The molecule has 0 bridgehead atoms. The zero-order valence-corrected chi connectivity index (χ0v) is 12.8. The molecule has 0 spiro atoms. The van der Waals surface area contributed by atoms with Gasteiger partial charge in [0.2, 0.25) is 0 Å². The second-order valence-corrected chi connectivity index (χ2v) is 6.05. The maximum Gasteiger partial charge on any atom is 0.417 e. The van der Waals surface area contributed by atoms with Crippen LogP contribution in [0, 0.1) is 13.8 Å². The smallest absolute Gasteiger partial charge is 0.389 e. The maximum atomic E-state index is 12.9. The average molecular weight is 331 g/mol. The van der Waals surface area contributed by atoms with Crippen LogP contribution in [0.4, 0.5) is 24.0 Å². The van der Waals surface area contributed by atoms with Crippen molar-refractivity contribution in [3.8, 4) is 0 Å². The first-order valence-electron chi connectivity index (χ1n) is 5.90. The molecule has 0 aliphatic rings. The van der Waals surface area contributed by atoms with E-state index in [2.05, 4.69) is 10.3 Å². The molecule has 0 fully saturated rings. The average Bonchev–Trinajstić information content (AvgIpc) is 2.66. The van der Waals surface area contributed by atoms with E-state index in [1.807, 2.05) is 13.8 Å². The van der Waals surface area contributed by atoms with Gasteiger partial charge in [0.05, 0.1) is 11.3 Å². The molecule has 0 amide bonds. The lowest BCUT2D eigenvalue weighted by molar-refractivity contribution is -0.137. The highest BCUT2D eigenvalue weighted by molar-refractivity contribution is 7.80. The quantitative estimate of drug-likeness (QED) is 0.829. The van der Waals surface area contributed by atoms with Crippen molar-refractivity contribution >= 4 is 39.4 Å². The van der Waals surface area contributed by atoms with Crippen molar-refractivity contribution in [3.05, 3.63) is 39.9 Å².